The number of aryl methyl sites for hydroxylation is 1. The number of hydrogen-bond acceptors (Lipinski definition) is 3. The molecule has 0 radical (unpaired) electrons. The third-order valence-corrected chi connectivity index (χ3v) is 5.19. The van der Waals surface area contributed by atoms with Gasteiger partial charge in [-0.1, -0.05) is 37.3 Å². The molecular weight excluding hydrogens is 326 g/mol. The summed E-state index contributed by atoms with van der Waals surface area (Å²) >= 11 is 0. The summed E-state index contributed by atoms with van der Waals surface area (Å²) in [6, 6.07) is 12.2. The normalized spacial score (nSPS) is 17.4. The lowest BCUT2D eigenvalue weighted by Gasteiger charge is -2.17. The van der Waals surface area contributed by atoms with Crippen molar-refractivity contribution >= 4 is 5.91 Å². The lowest BCUT2D eigenvalue weighted by Crippen LogP contribution is -2.40. The number of carbonyl (C=O) groups excluding carboxylic acids is 1. The van der Waals surface area contributed by atoms with E-state index in [1.165, 1.54) is 5.56 Å². The van der Waals surface area contributed by atoms with Crippen LogP contribution in [0.5, 0.6) is 0 Å². The highest BCUT2D eigenvalue weighted by Crippen LogP contribution is 2.14. The molecule has 5 heteroatoms. The fraction of sp³-hybridized carbons (Fsp3) is 0.429. The Morgan fingerprint density at radius 2 is 2.00 bits per heavy atom. The second-order valence-corrected chi connectivity index (χ2v) is 7.09. The molecule has 2 heterocycles. The van der Waals surface area contributed by atoms with Crippen LogP contribution in [0.15, 0.2) is 41.2 Å². The average molecular weight is 353 g/mol. The molecule has 1 aromatic carbocycles. The van der Waals surface area contributed by atoms with Crippen molar-refractivity contribution in [3.8, 4) is 0 Å². The van der Waals surface area contributed by atoms with Gasteiger partial charge in [0.1, 0.15) is 5.56 Å². The molecule has 1 N–H and O–H groups in total. The molecule has 1 atom stereocenters. The first kappa shape index (κ1) is 18.4. The largest absolute Gasteiger partial charge is 0.348 e. The van der Waals surface area contributed by atoms with Crippen LogP contribution in [0.4, 0.5) is 0 Å². The fourth-order valence-corrected chi connectivity index (χ4v) is 3.81. The Kier molecular flexibility index (Phi) is 5.57. The molecule has 0 saturated carbocycles. The molecule has 3 rings (SSSR count). The van der Waals surface area contributed by atoms with Crippen LogP contribution in [0.1, 0.15) is 40.5 Å². The van der Waals surface area contributed by atoms with Gasteiger partial charge in [0.2, 0.25) is 0 Å². The monoisotopic (exact) mass is 353 g/mol. The van der Waals surface area contributed by atoms with Gasteiger partial charge in [0.15, 0.2) is 0 Å². The first-order valence-corrected chi connectivity index (χ1v) is 9.26. The van der Waals surface area contributed by atoms with Gasteiger partial charge in [-0.05, 0) is 37.0 Å². The molecule has 1 saturated heterocycles. The van der Waals surface area contributed by atoms with Crippen molar-refractivity contribution in [1.82, 2.24) is 14.8 Å². The molecule has 0 unspecified atom stereocenters. The molecule has 5 nitrogen and oxygen atoms in total. The number of rotatable bonds is 5. The van der Waals surface area contributed by atoms with Crippen molar-refractivity contribution in [1.29, 1.82) is 0 Å². The minimum atomic E-state index is -0.261. The van der Waals surface area contributed by atoms with E-state index in [9.17, 15) is 9.59 Å². The summed E-state index contributed by atoms with van der Waals surface area (Å²) in [5.41, 5.74) is 3.25. The molecule has 1 fully saturated rings. The molecule has 26 heavy (non-hydrogen) atoms. The highest BCUT2D eigenvalue weighted by Gasteiger charge is 2.25. The first-order valence-electron chi connectivity index (χ1n) is 9.26. The van der Waals surface area contributed by atoms with Gasteiger partial charge in [0.05, 0.1) is 0 Å². The first-order chi connectivity index (χ1) is 12.5. The highest BCUT2D eigenvalue weighted by atomic mass is 16.2. The van der Waals surface area contributed by atoms with E-state index in [-0.39, 0.29) is 23.1 Å². The van der Waals surface area contributed by atoms with Crippen molar-refractivity contribution in [2.75, 3.05) is 13.1 Å². The smallest absolute Gasteiger partial charge is 0.263 e. The SMILES string of the molecule is CCc1c(C)cc(C(=O)N[C@H]2CCN(Cc3ccccc3)C2)c(=O)n1C. The molecule has 2 aromatic rings. The summed E-state index contributed by atoms with van der Waals surface area (Å²) in [4.78, 5) is 27.5. The molecule has 0 bridgehead atoms. The summed E-state index contributed by atoms with van der Waals surface area (Å²) in [6.07, 6.45) is 1.68. The van der Waals surface area contributed by atoms with Crippen LogP contribution in [-0.2, 0) is 20.0 Å². The van der Waals surface area contributed by atoms with Gasteiger partial charge in [-0.2, -0.15) is 0 Å². The van der Waals surface area contributed by atoms with Crippen LogP contribution in [0.3, 0.4) is 0 Å². The molecular formula is C21H27N3O2. The van der Waals surface area contributed by atoms with Crippen molar-refractivity contribution in [3.63, 3.8) is 0 Å². The molecule has 0 spiro atoms. The fourth-order valence-electron chi connectivity index (χ4n) is 3.81. The molecule has 1 aliphatic heterocycles. The Bertz CT molecular complexity index is 842. The van der Waals surface area contributed by atoms with Gasteiger partial charge >= 0.3 is 0 Å². The number of nitrogens with zero attached hydrogens (tertiary/aromatic N) is 2. The van der Waals surface area contributed by atoms with Gasteiger partial charge in [-0.25, -0.2) is 0 Å². The van der Waals surface area contributed by atoms with Crippen molar-refractivity contribution in [2.45, 2.75) is 39.3 Å². The van der Waals surface area contributed by atoms with E-state index in [0.717, 1.165) is 43.7 Å². The lowest BCUT2D eigenvalue weighted by molar-refractivity contribution is 0.0935. The molecule has 1 amide bonds. The number of likely N-dealkylation sites (tertiary alicyclic amines) is 1. The van der Waals surface area contributed by atoms with Crippen molar-refractivity contribution in [2.24, 2.45) is 7.05 Å². The Labute approximate surface area is 154 Å². The van der Waals surface area contributed by atoms with Crippen LogP contribution in [0.2, 0.25) is 0 Å². The van der Waals surface area contributed by atoms with Crippen molar-refractivity contribution in [3.05, 3.63) is 69.1 Å². The van der Waals surface area contributed by atoms with Gasteiger partial charge < -0.3 is 9.88 Å². The topological polar surface area (TPSA) is 54.3 Å². The Hall–Kier alpha value is -2.40. The quantitative estimate of drug-likeness (QED) is 0.897. The zero-order valence-corrected chi connectivity index (χ0v) is 15.8. The minimum Gasteiger partial charge on any atom is -0.348 e. The number of hydrogen-bond donors (Lipinski definition) is 1. The molecule has 1 aromatic heterocycles. The van der Waals surface area contributed by atoms with E-state index < -0.39 is 0 Å². The maximum Gasteiger partial charge on any atom is 0.263 e. The average Bonchev–Trinajstić information content (AvgIpc) is 3.06. The number of pyridine rings is 1. The number of carbonyl (C=O) groups is 1. The second kappa shape index (κ2) is 7.87. The van der Waals surface area contributed by atoms with Gasteiger partial charge in [0.25, 0.3) is 11.5 Å². The Morgan fingerprint density at radius 1 is 1.27 bits per heavy atom. The van der Waals surface area contributed by atoms with E-state index in [0.29, 0.717) is 0 Å². The van der Waals surface area contributed by atoms with Crippen LogP contribution < -0.4 is 10.9 Å². The van der Waals surface area contributed by atoms with Gasteiger partial charge in [-0.3, -0.25) is 14.5 Å². The standard InChI is InChI=1S/C21H27N3O2/c1-4-19-15(2)12-18(21(26)23(19)3)20(25)22-17-10-11-24(14-17)13-16-8-6-5-7-9-16/h5-9,12,17H,4,10-11,13-14H2,1-3H3,(H,22,25)/t17-/m0/s1. The van der Waals surface area contributed by atoms with Crippen LogP contribution in [0.25, 0.3) is 0 Å². The summed E-state index contributed by atoms with van der Waals surface area (Å²) in [6.45, 7) is 6.62. The van der Waals surface area contributed by atoms with Crippen LogP contribution in [0, 0.1) is 6.92 Å². The van der Waals surface area contributed by atoms with E-state index in [1.807, 2.05) is 32.0 Å². The zero-order chi connectivity index (χ0) is 18.7. The summed E-state index contributed by atoms with van der Waals surface area (Å²) in [7, 11) is 1.74. The molecule has 1 aliphatic rings. The third kappa shape index (κ3) is 3.88. The van der Waals surface area contributed by atoms with Crippen molar-refractivity contribution < 1.29 is 4.79 Å². The van der Waals surface area contributed by atoms with Gasteiger partial charge in [-0.15, -0.1) is 0 Å². The lowest BCUT2D eigenvalue weighted by atomic mass is 10.1. The number of amides is 1. The maximum atomic E-state index is 12.6. The number of benzene rings is 1. The second-order valence-electron chi connectivity index (χ2n) is 7.09. The third-order valence-electron chi connectivity index (χ3n) is 5.19. The maximum absolute atomic E-state index is 12.6. The summed E-state index contributed by atoms with van der Waals surface area (Å²) in [5, 5.41) is 3.05. The summed E-state index contributed by atoms with van der Waals surface area (Å²) in [5.74, 6) is -0.261. The zero-order valence-electron chi connectivity index (χ0n) is 15.8. The van der Waals surface area contributed by atoms with Crippen LogP contribution >= 0.6 is 0 Å². The van der Waals surface area contributed by atoms with E-state index in [1.54, 1.807) is 17.7 Å². The van der Waals surface area contributed by atoms with E-state index in [4.69, 9.17) is 0 Å². The highest BCUT2D eigenvalue weighted by molar-refractivity contribution is 5.94. The summed E-state index contributed by atoms with van der Waals surface area (Å²) < 4.78 is 1.60. The Balaban J connectivity index is 1.65. The predicted octanol–water partition coefficient (Wildman–Crippen LogP) is 2.26. The Morgan fingerprint density at radius 3 is 2.69 bits per heavy atom. The van der Waals surface area contributed by atoms with Crippen LogP contribution in [-0.4, -0.2) is 34.5 Å². The number of aromatic nitrogens is 1. The van der Waals surface area contributed by atoms with E-state index in [2.05, 4.69) is 22.3 Å². The van der Waals surface area contributed by atoms with Gasteiger partial charge in [0, 0.05) is 38.4 Å². The number of nitrogens with one attached hydrogen (secondary N) is 1. The molecule has 0 aliphatic carbocycles. The molecule has 138 valence electrons. The van der Waals surface area contributed by atoms with E-state index >= 15 is 0 Å². The minimum absolute atomic E-state index is 0.0853. The predicted molar refractivity (Wildman–Crippen MR) is 103 cm³/mol.